The van der Waals surface area contributed by atoms with Crippen LogP contribution >= 0.6 is 0 Å². The lowest BCUT2D eigenvalue weighted by Crippen LogP contribution is -2.39. The van der Waals surface area contributed by atoms with E-state index in [9.17, 15) is 14.4 Å². The molecular formula is C18H20N4O5. The number of carbonyl (C=O) groups is 1. The standard InChI is InChI=1S/C18H20N4O5/c1-12(23)27-9-8-22-16-15(17(24)20(2)18(22)25)21(11-19-16)10-13-4-6-14(26-3)7-5-13/h4-7,11H,8-10H2,1-3H3. The Balaban J connectivity index is 2.02. The molecule has 0 N–H and O–H groups in total. The molecule has 0 fully saturated rings. The van der Waals surface area contributed by atoms with E-state index in [1.807, 2.05) is 24.3 Å². The van der Waals surface area contributed by atoms with Gasteiger partial charge in [-0.2, -0.15) is 0 Å². The van der Waals surface area contributed by atoms with Gasteiger partial charge < -0.3 is 14.0 Å². The van der Waals surface area contributed by atoms with Gasteiger partial charge in [0.15, 0.2) is 11.2 Å². The Morgan fingerprint density at radius 2 is 1.89 bits per heavy atom. The van der Waals surface area contributed by atoms with Crippen molar-refractivity contribution in [3.63, 3.8) is 0 Å². The summed E-state index contributed by atoms with van der Waals surface area (Å²) in [5.41, 5.74) is 0.605. The number of nitrogens with zero attached hydrogens (tertiary/aromatic N) is 4. The van der Waals surface area contributed by atoms with Gasteiger partial charge in [0.1, 0.15) is 12.4 Å². The van der Waals surface area contributed by atoms with Crippen molar-refractivity contribution >= 4 is 17.1 Å². The topological polar surface area (TPSA) is 97.4 Å². The van der Waals surface area contributed by atoms with E-state index >= 15 is 0 Å². The summed E-state index contributed by atoms with van der Waals surface area (Å²) in [5.74, 6) is 0.304. The summed E-state index contributed by atoms with van der Waals surface area (Å²) in [6.07, 6.45) is 1.53. The average molecular weight is 372 g/mol. The second-order valence-corrected chi connectivity index (χ2v) is 6.03. The van der Waals surface area contributed by atoms with E-state index in [0.717, 1.165) is 15.9 Å². The maximum absolute atomic E-state index is 12.6. The number of fused-ring (bicyclic) bond motifs is 1. The van der Waals surface area contributed by atoms with Gasteiger partial charge in [0.25, 0.3) is 5.56 Å². The summed E-state index contributed by atoms with van der Waals surface area (Å²) in [6.45, 7) is 1.84. The summed E-state index contributed by atoms with van der Waals surface area (Å²) < 4.78 is 14.1. The zero-order valence-corrected chi connectivity index (χ0v) is 15.3. The van der Waals surface area contributed by atoms with Crippen molar-refractivity contribution in [2.45, 2.75) is 20.0 Å². The van der Waals surface area contributed by atoms with Gasteiger partial charge in [-0.15, -0.1) is 0 Å². The van der Waals surface area contributed by atoms with Crippen LogP contribution in [0.1, 0.15) is 12.5 Å². The number of hydrogen-bond donors (Lipinski definition) is 0. The number of benzene rings is 1. The quantitative estimate of drug-likeness (QED) is 0.585. The third kappa shape index (κ3) is 3.62. The van der Waals surface area contributed by atoms with Crippen molar-refractivity contribution in [2.24, 2.45) is 7.05 Å². The molecule has 9 heteroatoms. The third-order valence-electron chi connectivity index (χ3n) is 4.23. The molecule has 9 nitrogen and oxygen atoms in total. The van der Waals surface area contributed by atoms with Gasteiger partial charge in [0, 0.05) is 20.5 Å². The molecule has 0 amide bonds. The van der Waals surface area contributed by atoms with Gasteiger partial charge in [-0.1, -0.05) is 12.1 Å². The van der Waals surface area contributed by atoms with E-state index in [-0.39, 0.29) is 18.8 Å². The van der Waals surface area contributed by atoms with Crippen molar-refractivity contribution in [2.75, 3.05) is 13.7 Å². The minimum atomic E-state index is -0.505. The zero-order valence-electron chi connectivity index (χ0n) is 15.3. The fourth-order valence-corrected chi connectivity index (χ4v) is 2.83. The average Bonchev–Trinajstić information content (AvgIpc) is 3.06. The number of methoxy groups -OCH3 is 1. The van der Waals surface area contributed by atoms with E-state index in [4.69, 9.17) is 9.47 Å². The fourth-order valence-electron chi connectivity index (χ4n) is 2.83. The summed E-state index contributed by atoms with van der Waals surface area (Å²) in [4.78, 5) is 40.3. The number of hydrogen-bond acceptors (Lipinski definition) is 6. The summed E-state index contributed by atoms with van der Waals surface area (Å²) in [7, 11) is 3.01. The molecule has 0 atom stereocenters. The number of aromatic nitrogens is 4. The van der Waals surface area contributed by atoms with Crippen molar-refractivity contribution in [3.8, 4) is 5.75 Å². The van der Waals surface area contributed by atoms with Gasteiger partial charge in [-0.3, -0.25) is 18.7 Å². The highest BCUT2D eigenvalue weighted by atomic mass is 16.5. The SMILES string of the molecule is COc1ccc(Cn2cnc3c2c(=O)n(C)c(=O)n3CCOC(C)=O)cc1. The minimum absolute atomic E-state index is 0.0217. The van der Waals surface area contributed by atoms with Crippen LogP contribution in [0.4, 0.5) is 0 Å². The molecule has 142 valence electrons. The molecule has 0 spiro atoms. The summed E-state index contributed by atoms with van der Waals surface area (Å²) >= 11 is 0. The molecule has 0 bridgehead atoms. The molecule has 1 aromatic carbocycles. The predicted molar refractivity (Wildman–Crippen MR) is 98.0 cm³/mol. The van der Waals surface area contributed by atoms with E-state index < -0.39 is 17.2 Å². The highest BCUT2D eigenvalue weighted by Crippen LogP contribution is 2.14. The largest absolute Gasteiger partial charge is 0.497 e. The zero-order chi connectivity index (χ0) is 19.6. The van der Waals surface area contributed by atoms with Gasteiger partial charge in [0.05, 0.1) is 20.0 Å². The number of rotatable bonds is 6. The fraction of sp³-hybridized carbons (Fsp3) is 0.333. The molecule has 0 aliphatic carbocycles. The molecule has 3 aromatic rings. The van der Waals surface area contributed by atoms with Crippen molar-refractivity contribution in [1.82, 2.24) is 18.7 Å². The first-order valence-electron chi connectivity index (χ1n) is 8.33. The van der Waals surface area contributed by atoms with Crippen LogP contribution in [-0.4, -0.2) is 38.4 Å². The molecule has 0 radical (unpaired) electrons. The van der Waals surface area contributed by atoms with Crippen LogP contribution in [0.3, 0.4) is 0 Å². The Kier molecular flexibility index (Phi) is 5.11. The first-order chi connectivity index (χ1) is 12.9. The lowest BCUT2D eigenvalue weighted by molar-refractivity contribution is -0.141. The lowest BCUT2D eigenvalue weighted by atomic mass is 10.2. The van der Waals surface area contributed by atoms with Crippen molar-refractivity contribution < 1.29 is 14.3 Å². The maximum atomic E-state index is 12.6. The number of carbonyl (C=O) groups excluding carboxylic acids is 1. The first-order valence-corrected chi connectivity index (χ1v) is 8.33. The maximum Gasteiger partial charge on any atom is 0.332 e. The molecule has 0 saturated carbocycles. The van der Waals surface area contributed by atoms with Crippen LogP contribution in [0.2, 0.25) is 0 Å². The second-order valence-electron chi connectivity index (χ2n) is 6.03. The monoisotopic (exact) mass is 372 g/mol. The Hall–Kier alpha value is -3.36. The van der Waals surface area contributed by atoms with Crippen LogP contribution < -0.4 is 16.0 Å². The smallest absolute Gasteiger partial charge is 0.332 e. The van der Waals surface area contributed by atoms with Gasteiger partial charge in [-0.05, 0) is 17.7 Å². The third-order valence-corrected chi connectivity index (χ3v) is 4.23. The van der Waals surface area contributed by atoms with Crippen LogP contribution in [0, 0.1) is 0 Å². The molecule has 2 heterocycles. The molecule has 0 unspecified atom stereocenters. The Bertz CT molecular complexity index is 1090. The summed E-state index contributed by atoms with van der Waals surface area (Å²) in [5, 5.41) is 0. The van der Waals surface area contributed by atoms with Gasteiger partial charge in [-0.25, -0.2) is 9.78 Å². The molecule has 2 aromatic heterocycles. The molecule has 3 rings (SSSR count). The minimum Gasteiger partial charge on any atom is -0.497 e. The Morgan fingerprint density at radius 1 is 1.19 bits per heavy atom. The predicted octanol–water partition coefficient (Wildman–Crippen LogP) is 0.517. The Labute approximate surface area is 154 Å². The normalized spacial score (nSPS) is 10.9. The highest BCUT2D eigenvalue weighted by Gasteiger charge is 2.16. The van der Waals surface area contributed by atoms with Gasteiger partial charge >= 0.3 is 11.7 Å². The van der Waals surface area contributed by atoms with E-state index in [2.05, 4.69) is 4.98 Å². The van der Waals surface area contributed by atoms with E-state index in [1.54, 1.807) is 11.7 Å². The van der Waals surface area contributed by atoms with Crippen LogP contribution in [0.5, 0.6) is 5.75 Å². The number of ether oxygens (including phenoxy) is 2. The second kappa shape index (κ2) is 7.48. The van der Waals surface area contributed by atoms with E-state index in [1.165, 1.54) is 24.9 Å². The Morgan fingerprint density at radius 3 is 2.52 bits per heavy atom. The first kappa shape index (κ1) is 18.4. The van der Waals surface area contributed by atoms with Crippen molar-refractivity contribution in [3.05, 3.63) is 57.0 Å². The number of esters is 1. The lowest BCUT2D eigenvalue weighted by Gasteiger charge is -2.10. The summed E-state index contributed by atoms with van der Waals surface area (Å²) in [6, 6.07) is 7.46. The van der Waals surface area contributed by atoms with Crippen molar-refractivity contribution in [1.29, 1.82) is 0 Å². The molecule has 0 saturated heterocycles. The van der Waals surface area contributed by atoms with Crippen LogP contribution in [-0.2, 0) is 29.7 Å². The van der Waals surface area contributed by atoms with Crippen LogP contribution in [0.25, 0.3) is 11.2 Å². The van der Waals surface area contributed by atoms with Crippen LogP contribution in [0.15, 0.2) is 40.2 Å². The number of imidazole rings is 1. The molecular weight excluding hydrogens is 352 g/mol. The molecule has 0 aliphatic heterocycles. The van der Waals surface area contributed by atoms with Gasteiger partial charge in [0.2, 0.25) is 0 Å². The molecule has 0 aliphatic rings. The molecule has 27 heavy (non-hydrogen) atoms. The van der Waals surface area contributed by atoms with E-state index in [0.29, 0.717) is 12.1 Å². The highest BCUT2D eigenvalue weighted by molar-refractivity contribution is 5.70.